The van der Waals surface area contributed by atoms with Crippen molar-refractivity contribution in [3.8, 4) is 0 Å². The van der Waals surface area contributed by atoms with E-state index in [0.29, 0.717) is 0 Å². The molecule has 1 aromatic rings. The molecule has 0 unspecified atom stereocenters. The second kappa shape index (κ2) is 7.00. The molecular weight excluding hydrogens is 314 g/mol. The maximum absolute atomic E-state index is 12.4. The maximum atomic E-state index is 12.4. The summed E-state index contributed by atoms with van der Waals surface area (Å²) < 4.78 is 14.6. The van der Waals surface area contributed by atoms with E-state index >= 15 is 0 Å². The third-order valence-corrected chi connectivity index (χ3v) is 4.49. The topological polar surface area (TPSA) is 90.9 Å². The minimum absolute atomic E-state index is 0.591. The molecule has 7 nitrogen and oxygen atoms in total. The Kier molecular flexibility index (Phi) is 5.23. The number of carbonyl (C=O) groups is 3. The fraction of sp³-hybridized carbons (Fsp3) is 0.471. The van der Waals surface area contributed by atoms with Crippen molar-refractivity contribution in [3.63, 3.8) is 0 Å². The van der Waals surface area contributed by atoms with Gasteiger partial charge in [-0.25, -0.2) is 0 Å². The second-order valence-corrected chi connectivity index (χ2v) is 5.78. The van der Waals surface area contributed by atoms with Crippen molar-refractivity contribution in [3.05, 3.63) is 35.9 Å². The highest BCUT2D eigenvalue weighted by molar-refractivity contribution is 5.93. The quantitative estimate of drug-likeness (QED) is 0.644. The van der Waals surface area contributed by atoms with Gasteiger partial charge in [-0.15, -0.1) is 0 Å². The number of hydrogen-bond donors (Lipinski definition) is 1. The summed E-state index contributed by atoms with van der Waals surface area (Å²) in [7, 11) is 3.68. The molecule has 0 radical (unpaired) electrons. The molecular formula is C17H21NO6. The highest BCUT2D eigenvalue weighted by atomic mass is 16.5. The Morgan fingerprint density at radius 1 is 0.958 bits per heavy atom. The van der Waals surface area contributed by atoms with Crippen LogP contribution in [0.15, 0.2) is 30.3 Å². The molecule has 4 atom stereocenters. The number of rotatable bonds is 4. The summed E-state index contributed by atoms with van der Waals surface area (Å²) >= 11 is 0. The average molecular weight is 335 g/mol. The van der Waals surface area contributed by atoms with Crippen LogP contribution in [-0.4, -0.2) is 44.8 Å². The molecule has 1 saturated heterocycles. The number of ether oxygens (including phenoxy) is 3. The normalized spacial score (nSPS) is 28.9. The van der Waals surface area contributed by atoms with Crippen molar-refractivity contribution in [1.29, 1.82) is 0 Å². The third-order valence-electron chi connectivity index (χ3n) is 4.49. The number of carbonyl (C=O) groups excluding carboxylic acids is 3. The number of hydrogen-bond acceptors (Lipinski definition) is 7. The minimum atomic E-state index is -1.42. The summed E-state index contributed by atoms with van der Waals surface area (Å²) in [5, 5.41) is 3.09. The first-order chi connectivity index (χ1) is 11.4. The van der Waals surface area contributed by atoms with Crippen LogP contribution in [0.2, 0.25) is 0 Å². The Balaban J connectivity index is 2.58. The van der Waals surface area contributed by atoms with Gasteiger partial charge in [0.25, 0.3) is 0 Å². The van der Waals surface area contributed by atoms with Gasteiger partial charge in [0, 0.05) is 6.04 Å². The maximum Gasteiger partial charge on any atom is 0.326 e. The van der Waals surface area contributed by atoms with E-state index in [4.69, 9.17) is 14.2 Å². The third kappa shape index (κ3) is 2.87. The molecule has 1 aliphatic heterocycles. The van der Waals surface area contributed by atoms with E-state index in [9.17, 15) is 14.4 Å². The van der Waals surface area contributed by atoms with Crippen LogP contribution >= 0.6 is 0 Å². The number of benzene rings is 1. The van der Waals surface area contributed by atoms with Gasteiger partial charge in [-0.2, -0.15) is 0 Å². The molecule has 1 N–H and O–H groups in total. The van der Waals surface area contributed by atoms with Gasteiger partial charge in [-0.3, -0.25) is 19.7 Å². The van der Waals surface area contributed by atoms with E-state index in [2.05, 4.69) is 5.32 Å². The molecule has 1 fully saturated rings. The van der Waals surface area contributed by atoms with Crippen LogP contribution in [0.25, 0.3) is 0 Å². The molecule has 0 bridgehead atoms. The first-order valence-electron chi connectivity index (χ1n) is 7.47. The molecule has 0 aromatic heterocycles. The van der Waals surface area contributed by atoms with Gasteiger partial charge < -0.3 is 14.2 Å². The molecule has 1 aliphatic rings. The zero-order chi connectivity index (χ0) is 17.9. The Hall–Kier alpha value is -2.41. The summed E-state index contributed by atoms with van der Waals surface area (Å²) in [6.45, 7) is 1.53. The largest absolute Gasteiger partial charge is 0.469 e. The Morgan fingerprint density at radius 2 is 1.54 bits per heavy atom. The van der Waals surface area contributed by atoms with Gasteiger partial charge in [0.15, 0.2) is 0 Å². The van der Waals surface area contributed by atoms with Crippen LogP contribution < -0.4 is 5.32 Å². The Bertz CT molecular complexity index is 631. The standard InChI is InChI=1S/C17H21NO6/c1-17(16(21)24-4)12(15(20)23-3)11(14(19)22-2)13(18-17)10-8-6-5-7-9-10/h5-9,11-13,18H,1-4H3/t11-,12-,13-,17-/m1/s1. The molecule has 1 heterocycles. The highest BCUT2D eigenvalue weighted by Gasteiger charge is 2.62. The molecule has 7 heteroatoms. The average Bonchev–Trinajstić information content (AvgIpc) is 2.95. The van der Waals surface area contributed by atoms with E-state index in [-0.39, 0.29) is 0 Å². The van der Waals surface area contributed by atoms with E-state index in [1.807, 2.05) is 30.3 Å². The second-order valence-electron chi connectivity index (χ2n) is 5.78. The van der Waals surface area contributed by atoms with E-state index in [1.54, 1.807) is 0 Å². The van der Waals surface area contributed by atoms with Crippen molar-refractivity contribution in [1.82, 2.24) is 5.32 Å². The highest BCUT2D eigenvalue weighted by Crippen LogP contribution is 2.44. The van der Waals surface area contributed by atoms with Crippen LogP contribution in [0.4, 0.5) is 0 Å². The van der Waals surface area contributed by atoms with Gasteiger partial charge in [-0.1, -0.05) is 30.3 Å². The Morgan fingerprint density at radius 3 is 2.04 bits per heavy atom. The number of methoxy groups -OCH3 is 3. The lowest BCUT2D eigenvalue weighted by molar-refractivity contribution is -0.163. The predicted molar refractivity (Wildman–Crippen MR) is 83.8 cm³/mol. The van der Waals surface area contributed by atoms with Crippen molar-refractivity contribution >= 4 is 17.9 Å². The van der Waals surface area contributed by atoms with Crippen molar-refractivity contribution in [2.75, 3.05) is 21.3 Å². The monoisotopic (exact) mass is 335 g/mol. The molecule has 0 aliphatic carbocycles. The summed E-state index contributed by atoms with van der Waals surface area (Å²) in [6, 6.07) is 8.49. The first-order valence-corrected chi connectivity index (χ1v) is 7.47. The first kappa shape index (κ1) is 17.9. The Labute approximate surface area is 140 Å². The summed E-state index contributed by atoms with van der Waals surface area (Å²) in [5.74, 6) is -3.92. The predicted octanol–water partition coefficient (Wildman–Crippen LogP) is 0.841. The molecule has 0 spiro atoms. The summed E-state index contributed by atoms with van der Waals surface area (Å²) in [6.07, 6.45) is 0. The zero-order valence-corrected chi connectivity index (χ0v) is 14.1. The lowest BCUT2D eigenvalue weighted by Gasteiger charge is -2.28. The van der Waals surface area contributed by atoms with Gasteiger partial charge in [0.2, 0.25) is 0 Å². The van der Waals surface area contributed by atoms with Gasteiger partial charge in [-0.05, 0) is 12.5 Å². The molecule has 2 rings (SSSR count). The summed E-state index contributed by atoms with van der Waals surface area (Å²) in [5.41, 5.74) is -0.657. The summed E-state index contributed by atoms with van der Waals surface area (Å²) in [4.78, 5) is 37.1. The molecule has 130 valence electrons. The lowest BCUT2D eigenvalue weighted by atomic mass is 9.78. The van der Waals surface area contributed by atoms with E-state index in [0.717, 1.165) is 5.56 Å². The van der Waals surface area contributed by atoms with E-state index in [1.165, 1.54) is 28.3 Å². The van der Waals surface area contributed by atoms with Crippen molar-refractivity contribution in [2.45, 2.75) is 18.5 Å². The molecule has 24 heavy (non-hydrogen) atoms. The zero-order valence-electron chi connectivity index (χ0n) is 14.1. The molecule has 0 amide bonds. The number of esters is 3. The van der Waals surface area contributed by atoms with E-state index < -0.39 is 41.3 Å². The van der Waals surface area contributed by atoms with Crippen LogP contribution in [-0.2, 0) is 28.6 Å². The van der Waals surface area contributed by atoms with Crippen molar-refractivity contribution < 1.29 is 28.6 Å². The fourth-order valence-corrected chi connectivity index (χ4v) is 3.32. The smallest absolute Gasteiger partial charge is 0.326 e. The SMILES string of the molecule is COC(=O)[C@H]1[C@@H](c2ccccc2)N[C@@](C)(C(=O)OC)[C@H]1C(=O)OC. The number of nitrogens with one attached hydrogen (secondary N) is 1. The minimum Gasteiger partial charge on any atom is -0.469 e. The van der Waals surface area contributed by atoms with Gasteiger partial charge >= 0.3 is 17.9 Å². The van der Waals surface area contributed by atoms with Crippen LogP contribution in [0.5, 0.6) is 0 Å². The van der Waals surface area contributed by atoms with Crippen LogP contribution in [0.1, 0.15) is 18.5 Å². The van der Waals surface area contributed by atoms with Gasteiger partial charge in [0.05, 0.1) is 27.2 Å². The molecule has 0 saturated carbocycles. The molecule has 1 aromatic carbocycles. The van der Waals surface area contributed by atoms with Gasteiger partial charge in [0.1, 0.15) is 11.5 Å². The fourth-order valence-electron chi connectivity index (χ4n) is 3.32. The van der Waals surface area contributed by atoms with Crippen LogP contribution in [0, 0.1) is 11.8 Å². The van der Waals surface area contributed by atoms with Crippen LogP contribution in [0.3, 0.4) is 0 Å². The van der Waals surface area contributed by atoms with Crippen molar-refractivity contribution in [2.24, 2.45) is 11.8 Å². The lowest BCUT2D eigenvalue weighted by Crippen LogP contribution is -2.53.